The van der Waals surface area contributed by atoms with E-state index < -0.39 is 11.5 Å². The second kappa shape index (κ2) is 6.48. The van der Waals surface area contributed by atoms with Crippen molar-refractivity contribution in [2.75, 3.05) is 38.6 Å². The molecule has 0 radical (unpaired) electrons. The lowest BCUT2D eigenvalue weighted by Crippen LogP contribution is -2.67. The Hall–Kier alpha value is -3.01. The zero-order valence-electron chi connectivity index (χ0n) is 13.9. The predicted molar refractivity (Wildman–Crippen MR) is 88.1 cm³/mol. The van der Waals surface area contributed by atoms with Crippen LogP contribution in [0.5, 0.6) is 0 Å². The van der Waals surface area contributed by atoms with E-state index in [9.17, 15) is 14.7 Å². The van der Waals surface area contributed by atoms with Crippen LogP contribution in [0.1, 0.15) is 21.0 Å². The Kier molecular flexibility index (Phi) is 4.36. The fraction of sp³-hybridized carbons (Fsp3) is 0.400. The molecule has 2 amide bonds. The quantitative estimate of drug-likeness (QED) is 0.626. The Morgan fingerprint density at radius 1 is 1.32 bits per heavy atom. The molecule has 10 nitrogen and oxygen atoms in total. The summed E-state index contributed by atoms with van der Waals surface area (Å²) in [5, 5.41) is 22.5. The second-order valence-electron chi connectivity index (χ2n) is 6.22. The van der Waals surface area contributed by atoms with E-state index in [4.69, 9.17) is 0 Å². The van der Waals surface area contributed by atoms with E-state index in [-0.39, 0.29) is 31.2 Å². The van der Waals surface area contributed by atoms with Crippen molar-refractivity contribution in [3.63, 3.8) is 0 Å². The molecule has 1 aliphatic rings. The summed E-state index contributed by atoms with van der Waals surface area (Å²) in [7, 11) is 3.78. The summed E-state index contributed by atoms with van der Waals surface area (Å²) in [4.78, 5) is 31.7. The smallest absolute Gasteiger partial charge is 0.273 e. The third-order valence-corrected chi connectivity index (χ3v) is 3.97. The fourth-order valence-corrected chi connectivity index (χ4v) is 2.51. The Morgan fingerprint density at radius 3 is 2.64 bits per heavy atom. The predicted octanol–water partition coefficient (Wildman–Crippen LogP) is -1.12. The Morgan fingerprint density at radius 2 is 2.08 bits per heavy atom. The van der Waals surface area contributed by atoms with Crippen LogP contribution in [0.3, 0.4) is 0 Å². The third-order valence-electron chi connectivity index (χ3n) is 3.97. The van der Waals surface area contributed by atoms with E-state index in [0.717, 1.165) is 5.69 Å². The molecular weight excluding hydrogens is 326 g/mol. The molecule has 25 heavy (non-hydrogen) atoms. The first kappa shape index (κ1) is 16.8. The number of pyridine rings is 1. The Labute approximate surface area is 143 Å². The topological polar surface area (TPSA) is 127 Å². The SMILES string of the molecule is CN(C)c1ccc(C(=O)N2CC(O)(CNC(=O)c3cn[nH]n3)C2)nc1. The number of aromatic amines is 1. The summed E-state index contributed by atoms with van der Waals surface area (Å²) in [6.45, 7) is 0.277. The van der Waals surface area contributed by atoms with Crippen LogP contribution in [0.4, 0.5) is 5.69 Å². The number of amides is 2. The minimum atomic E-state index is -1.15. The average molecular weight is 345 g/mol. The number of β-amino-alcohol motifs (C(OH)–C–C–N with tert-alkyl or cyclic N) is 1. The highest BCUT2D eigenvalue weighted by atomic mass is 16.3. The van der Waals surface area contributed by atoms with E-state index in [2.05, 4.69) is 25.7 Å². The van der Waals surface area contributed by atoms with E-state index >= 15 is 0 Å². The third kappa shape index (κ3) is 3.58. The molecule has 0 unspecified atom stereocenters. The fourth-order valence-electron chi connectivity index (χ4n) is 2.51. The van der Waals surface area contributed by atoms with Gasteiger partial charge in [-0.1, -0.05) is 0 Å². The second-order valence-corrected chi connectivity index (χ2v) is 6.22. The maximum absolute atomic E-state index is 12.3. The van der Waals surface area contributed by atoms with Crippen molar-refractivity contribution in [2.24, 2.45) is 0 Å². The van der Waals surface area contributed by atoms with Crippen molar-refractivity contribution in [1.82, 2.24) is 30.6 Å². The number of nitrogens with zero attached hydrogens (tertiary/aromatic N) is 5. The molecule has 0 bridgehead atoms. The molecule has 1 fully saturated rings. The van der Waals surface area contributed by atoms with Crippen LogP contribution in [0, 0.1) is 0 Å². The number of hydrogen-bond acceptors (Lipinski definition) is 7. The molecule has 132 valence electrons. The van der Waals surface area contributed by atoms with Gasteiger partial charge >= 0.3 is 0 Å². The molecule has 3 N–H and O–H groups in total. The van der Waals surface area contributed by atoms with Gasteiger partial charge in [-0.05, 0) is 12.1 Å². The minimum Gasteiger partial charge on any atom is -0.384 e. The van der Waals surface area contributed by atoms with Crippen molar-refractivity contribution >= 4 is 17.5 Å². The maximum atomic E-state index is 12.3. The summed E-state index contributed by atoms with van der Waals surface area (Å²) >= 11 is 0. The van der Waals surface area contributed by atoms with Crippen molar-refractivity contribution in [2.45, 2.75) is 5.60 Å². The highest BCUT2D eigenvalue weighted by Crippen LogP contribution is 2.22. The maximum Gasteiger partial charge on any atom is 0.273 e. The molecule has 1 saturated heterocycles. The zero-order valence-corrected chi connectivity index (χ0v) is 13.9. The summed E-state index contributed by atoms with van der Waals surface area (Å²) in [6, 6.07) is 3.46. The highest BCUT2D eigenvalue weighted by molar-refractivity contribution is 5.93. The molecule has 3 heterocycles. The number of rotatable bonds is 5. The number of hydrogen-bond donors (Lipinski definition) is 3. The van der Waals surface area contributed by atoms with Crippen molar-refractivity contribution < 1.29 is 14.7 Å². The summed E-state index contributed by atoms with van der Waals surface area (Å²) in [5.74, 6) is -0.689. The van der Waals surface area contributed by atoms with Crippen LogP contribution in [0.2, 0.25) is 0 Å². The molecule has 0 aromatic carbocycles. The van der Waals surface area contributed by atoms with Crippen LogP contribution in [0.25, 0.3) is 0 Å². The molecule has 0 aliphatic carbocycles. The van der Waals surface area contributed by atoms with Crippen LogP contribution in [-0.2, 0) is 0 Å². The van der Waals surface area contributed by atoms with Crippen LogP contribution >= 0.6 is 0 Å². The normalized spacial score (nSPS) is 15.4. The summed E-state index contributed by atoms with van der Waals surface area (Å²) in [6.07, 6.45) is 2.91. The number of nitrogens with one attached hydrogen (secondary N) is 2. The molecule has 10 heteroatoms. The number of carbonyl (C=O) groups is 2. The van der Waals surface area contributed by atoms with Crippen molar-refractivity contribution in [3.05, 3.63) is 35.9 Å². The summed E-state index contributed by atoms with van der Waals surface area (Å²) in [5.41, 5.74) is 0.200. The van der Waals surface area contributed by atoms with E-state index in [0.29, 0.717) is 5.69 Å². The van der Waals surface area contributed by atoms with E-state index in [1.165, 1.54) is 11.1 Å². The van der Waals surface area contributed by atoms with Gasteiger partial charge in [0, 0.05) is 14.1 Å². The molecule has 3 rings (SSSR count). The van der Waals surface area contributed by atoms with Gasteiger partial charge in [0.25, 0.3) is 11.8 Å². The van der Waals surface area contributed by atoms with Gasteiger partial charge < -0.3 is 20.2 Å². The van der Waals surface area contributed by atoms with Gasteiger partial charge in [0.1, 0.15) is 11.3 Å². The van der Waals surface area contributed by atoms with Crippen LogP contribution < -0.4 is 10.2 Å². The van der Waals surface area contributed by atoms with Gasteiger partial charge in [0.05, 0.1) is 37.7 Å². The van der Waals surface area contributed by atoms with Gasteiger partial charge in [-0.2, -0.15) is 15.4 Å². The average Bonchev–Trinajstić information content (AvgIpc) is 3.11. The lowest BCUT2D eigenvalue weighted by Gasteiger charge is -2.46. The van der Waals surface area contributed by atoms with E-state index in [1.807, 2.05) is 25.1 Å². The first-order valence-corrected chi connectivity index (χ1v) is 7.67. The largest absolute Gasteiger partial charge is 0.384 e. The van der Waals surface area contributed by atoms with Gasteiger partial charge in [-0.25, -0.2) is 4.98 Å². The number of likely N-dealkylation sites (tertiary alicyclic amines) is 1. The molecule has 0 spiro atoms. The first-order valence-electron chi connectivity index (χ1n) is 7.67. The van der Waals surface area contributed by atoms with Crippen LogP contribution in [-0.4, -0.2) is 81.5 Å². The van der Waals surface area contributed by atoms with Gasteiger partial charge in [-0.15, -0.1) is 0 Å². The highest BCUT2D eigenvalue weighted by Gasteiger charge is 2.44. The lowest BCUT2D eigenvalue weighted by molar-refractivity contribution is -0.0774. The lowest BCUT2D eigenvalue weighted by atomic mass is 9.93. The number of aliphatic hydroxyl groups is 1. The molecule has 1 aliphatic heterocycles. The molecule has 2 aromatic heterocycles. The number of carbonyl (C=O) groups excluding carboxylic acids is 2. The Balaban J connectivity index is 1.52. The van der Waals surface area contributed by atoms with Crippen molar-refractivity contribution in [1.29, 1.82) is 0 Å². The molecular formula is C15H19N7O3. The Bertz CT molecular complexity index is 752. The standard InChI is InChI=1S/C15H19N7O3/c1-21(2)10-3-4-11(16-5-10)14(24)22-8-15(25,9-22)7-17-13(23)12-6-18-20-19-12/h3-6,25H,7-9H2,1-2H3,(H,17,23)(H,18,19,20). The van der Waals surface area contributed by atoms with E-state index in [1.54, 1.807) is 12.3 Å². The number of anilines is 1. The minimum absolute atomic E-state index is 0.0233. The monoisotopic (exact) mass is 345 g/mol. The number of aromatic nitrogens is 4. The van der Waals surface area contributed by atoms with Crippen molar-refractivity contribution in [3.8, 4) is 0 Å². The summed E-state index contributed by atoms with van der Waals surface area (Å²) < 4.78 is 0. The molecule has 0 atom stereocenters. The molecule has 2 aromatic rings. The molecule has 0 saturated carbocycles. The zero-order chi connectivity index (χ0) is 18.0. The first-order chi connectivity index (χ1) is 11.9. The van der Waals surface area contributed by atoms with Gasteiger partial charge in [0.15, 0.2) is 5.69 Å². The number of H-pyrrole nitrogens is 1. The van der Waals surface area contributed by atoms with Gasteiger partial charge in [-0.3, -0.25) is 9.59 Å². The van der Waals surface area contributed by atoms with Crippen LogP contribution in [0.15, 0.2) is 24.5 Å². The van der Waals surface area contributed by atoms with Gasteiger partial charge in [0.2, 0.25) is 0 Å².